The molecule has 17 heavy (non-hydrogen) atoms. The molecule has 0 aromatic heterocycles. The van der Waals surface area contributed by atoms with E-state index in [0.29, 0.717) is 30.8 Å². The summed E-state index contributed by atoms with van der Waals surface area (Å²) in [6, 6.07) is 6.43. The molecule has 4 heteroatoms. The molecular weight excluding hydrogens is 219 g/mol. The number of piperidine rings is 1. The van der Waals surface area contributed by atoms with Crippen molar-refractivity contribution in [1.29, 1.82) is 5.26 Å². The second-order valence-electron chi connectivity index (χ2n) is 4.56. The average Bonchev–Trinajstić information content (AvgIpc) is 2.32. The quantitative estimate of drug-likeness (QED) is 0.807. The average molecular weight is 234 g/mol. The van der Waals surface area contributed by atoms with E-state index in [2.05, 4.69) is 0 Å². The normalized spacial score (nSPS) is 24.5. The smallest absolute Gasteiger partial charge is 0.147 e. The number of anilines is 1. The third kappa shape index (κ3) is 2.40. The van der Waals surface area contributed by atoms with Crippen LogP contribution in [0, 0.1) is 23.1 Å². The number of nitriles is 1. The van der Waals surface area contributed by atoms with E-state index in [1.807, 2.05) is 17.9 Å². The maximum atomic E-state index is 13.8. The lowest BCUT2D eigenvalue weighted by Gasteiger charge is -2.36. The summed E-state index contributed by atoms with van der Waals surface area (Å²) in [5.41, 5.74) is 0.846. The van der Waals surface area contributed by atoms with Crippen molar-refractivity contribution in [3.8, 4) is 6.07 Å². The van der Waals surface area contributed by atoms with Crippen molar-refractivity contribution in [2.24, 2.45) is 5.92 Å². The highest BCUT2D eigenvalue weighted by atomic mass is 19.1. The van der Waals surface area contributed by atoms with Crippen molar-refractivity contribution in [3.05, 3.63) is 29.6 Å². The van der Waals surface area contributed by atoms with Crippen molar-refractivity contribution in [3.63, 3.8) is 0 Å². The van der Waals surface area contributed by atoms with Crippen molar-refractivity contribution in [2.75, 3.05) is 18.0 Å². The van der Waals surface area contributed by atoms with Gasteiger partial charge in [0.25, 0.3) is 0 Å². The number of halogens is 1. The number of hydrogen-bond acceptors (Lipinski definition) is 3. The fourth-order valence-corrected chi connectivity index (χ4v) is 2.18. The summed E-state index contributed by atoms with van der Waals surface area (Å²) in [5.74, 6) is -0.230. The maximum Gasteiger partial charge on any atom is 0.147 e. The molecule has 0 radical (unpaired) electrons. The van der Waals surface area contributed by atoms with Crippen LogP contribution in [-0.4, -0.2) is 24.3 Å². The van der Waals surface area contributed by atoms with Crippen LogP contribution in [0.5, 0.6) is 0 Å². The Labute approximate surface area is 100 Å². The first-order chi connectivity index (χ1) is 8.11. The largest absolute Gasteiger partial charge is 0.393 e. The Morgan fingerprint density at radius 1 is 1.53 bits per heavy atom. The standard InChI is InChI=1S/C13H15FN2O/c1-9-8-16(5-4-13(9)17)12-3-2-10(7-15)6-11(12)14/h2-3,6,9,13,17H,4-5,8H2,1H3. The lowest BCUT2D eigenvalue weighted by atomic mass is 9.96. The van der Waals surface area contributed by atoms with E-state index in [9.17, 15) is 9.50 Å². The first-order valence-corrected chi connectivity index (χ1v) is 5.74. The zero-order chi connectivity index (χ0) is 12.4. The molecule has 1 aromatic carbocycles. The first kappa shape index (κ1) is 11.9. The molecule has 2 atom stereocenters. The van der Waals surface area contributed by atoms with Crippen LogP contribution in [0.4, 0.5) is 10.1 Å². The SMILES string of the molecule is CC1CN(c2ccc(C#N)cc2F)CCC1O. The van der Waals surface area contributed by atoms with Gasteiger partial charge in [-0.05, 0) is 30.5 Å². The molecule has 1 N–H and O–H groups in total. The molecule has 3 nitrogen and oxygen atoms in total. The predicted molar refractivity (Wildman–Crippen MR) is 63.1 cm³/mol. The summed E-state index contributed by atoms with van der Waals surface area (Å²) in [7, 11) is 0. The maximum absolute atomic E-state index is 13.8. The Morgan fingerprint density at radius 2 is 2.29 bits per heavy atom. The molecule has 1 aliphatic rings. The van der Waals surface area contributed by atoms with Gasteiger partial charge in [-0.1, -0.05) is 6.92 Å². The van der Waals surface area contributed by atoms with Gasteiger partial charge in [-0.15, -0.1) is 0 Å². The van der Waals surface area contributed by atoms with E-state index in [-0.39, 0.29) is 17.8 Å². The molecule has 0 saturated carbocycles. The van der Waals surface area contributed by atoms with E-state index < -0.39 is 0 Å². The molecule has 1 saturated heterocycles. The third-order valence-corrected chi connectivity index (χ3v) is 3.28. The van der Waals surface area contributed by atoms with Crippen molar-refractivity contribution in [2.45, 2.75) is 19.4 Å². The van der Waals surface area contributed by atoms with Gasteiger partial charge in [0, 0.05) is 13.1 Å². The van der Waals surface area contributed by atoms with Crippen LogP contribution in [0.2, 0.25) is 0 Å². The van der Waals surface area contributed by atoms with Gasteiger partial charge in [0.1, 0.15) is 5.82 Å². The lowest BCUT2D eigenvalue weighted by Crippen LogP contribution is -2.42. The van der Waals surface area contributed by atoms with Gasteiger partial charge >= 0.3 is 0 Å². The molecular formula is C13H15FN2O. The van der Waals surface area contributed by atoms with E-state index in [1.54, 1.807) is 12.1 Å². The number of benzene rings is 1. The first-order valence-electron chi connectivity index (χ1n) is 5.74. The van der Waals surface area contributed by atoms with Gasteiger partial charge in [-0.3, -0.25) is 0 Å². The zero-order valence-electron chi connectivity index (χ0n) is 9.73. The van der Waals surface area contributed by atoms with E-state index >= 15 is 0 Å². The van der Waals surface area contributed by atoms with Crippen LogP contribution >= 0.6 is 0 Å². The molecule has 0 bridgehead atoms. The molecule has 1 fully saturated rings. The number of aliphatic hydroxyl groups is 1. The van der Waals surface area contributed by atoms with Gasteiger partial charge in [0.2, 0.25) is 0 Å². The molecule has 0 amide bonds. The minimum Gasteiger partial charge on any atom is -0.393 e. The minimum atomic E-state index is -0.368. The molecule has 2 rings (SSSR count). The van der Waals surface area contributed by atoms with E-state index in [1.165, 1.54) is 6.07 Å². The lowest BCUT2D eigenvalue weighted by molar-refractivity contribution is 0.0969. The fourth-order valence-electron chi connectivity index (χ4n) is 2.18. The Kier molecular flexibility index (Phi) is 3.30. The highest BCUT2D eigenvalue weighted by molar-refractivity contribution is 5.51. The number of hydrogen-bond donors (Lipinski definition) is 1. The van der Waals surface area contributed by atoms with Crippen LogP contribution < -0.4 is 4.90 Å². The minimum absolute atomic E-state index is 0.138. The Balaban J connectivity index is 2.21. The fraction of sp³-hybridized carbons (Fsp3) is 0.462. The molecule has 0 spiro atoms. The Hall–Kier alpha value is -1.60. The van der Waals surface area contributed by atoms with Crippen LogP contribution in [0.25, 0.3) is 0 Å². The van der Waals surface area contributed by atoms with Crippen LogP contribution in [0.3, 0.4) is 0 Å². The van der Waals surface area contributed by atoms with Crippen LogP contribution in [0.1, 0.15) is 18.9 Å². The second kappa shape index (κ2) is 4.72. The summed E-state index contributed by atoms with van der Waals surface area (Å²) in [6.07, 6.45) is 0.355. The molecule has 1 aromatic rings. The molecule has 2 unspecified atom stereocenters. The monoisotopic (exact) mass is 234 g/mol. The van der Waals surface area contributed by atoms with Gasteiger partial charge in [-0.2, -0.15) is 5.26 Å². The summed E-state index contributed by atoms with van der Waals surface area (Å²) in [6.45, 7) is 3.25. The van der Waals surface area contributed by atoms with Gasteiger partial charge in [-0.25, -0.2) is 4.39 Å². The number of rotatable bonds is 1. The van der Waals surface area contributed by atoms with Crippen molar-refractivity contribution in [1.82, 2.24) is 0 Å². The zero-order valence-corrected chi connectivity index (χ0v) is 9.73. The predicted octanol–water partition coefficient (Wildman–Crippen LogP) is 1.90. The molecule has 0 aliphatic carbocycles. The highest BCUT2D eigenvalue weighted by Crippen LogP contribution is 2.26. The topological polar surface area (TPSA) is 47.3 Å². The van der Waals surface area contributed by atoms with Crippen molar-refractivity contribution >= 4 is 5.69 Å². The van der Waals surface area contributed by atoms with E-state index in [0.717, 1.165) is 0 Å². The Bertz CT molecular complexity index is 455. The number of aliphatic hydroxyl groups excluding tert-OH is 1. The van der Waals surface area contributed by atoms with E-state index in [4.69, 9.17) is 5.26 Å². The highest BCUT2D eigenvalue weighted by Gasteiger charge is 2.25. The van der Waals surface area contributed by atoms with Crippen molar-refractivity contribution < 1.29 is 9.50 Å². The third-order valence-electron chi connectivity index (χ3n) is 3.28. The van der Waals surface area contributed by atoms with Gasteiger partial charge in [0.05, 0.1) is 23.4 Å². The van der Waals surface area contributed by atoms with Gasteiger partial charge < -0.3 is 10.0 Å². The molecule has 1 heterocycles. The summed E-state index contributed by atoms with van der Waals surface area (Å²) in [5, 5.41) is 18.3. The van der Waals surface area contributed by atoms with Crippen LogP contribution in [-0.2, 0) is 0 Å². The summed E-state index contributed by atoms with van der Waals surface area (Å²) >= 11 is 0. The summed E-state index contributed by atoms with van der Waals surface area (Å²) in [4.78, 5) is 1.92. The summed E-state index contributed by atoms with van der Waals surface area (Å²) < 4.78 is 13.8. The molecule has 1 aliphatic heterocycles. The molecule has 90 valence electrons. The second-order valence-corrected chi connectivity index (χ2v) is 4.56. The Morgan fingerprint density at radius 3 is 2.88 bits per heavy atom. The van der Waals surface area contributed by atoms with Gasteiger partial charge in [0.15, 0.2) is 0 Å². The van der Waals surface area contributed by atoms with Crippen LogP contribution in [0.15, 0.2) is 18.2 Å². The number of nitrogens with zero attached hydrogens (tertiary/aromatic N) is 2.